The van der Waals surface area contributed by atoms with E-state index in [2.05, 4.69) is 10.6 Å². The fraction of sp³-hybridized carbons (Fsp3) is 0.250. The van der Waals surface area contributed by atoms with Gasteiger partial charge in [0.1, 0.15) is 18.0 Å². The Morgan fingerprint density at radius 1 is 1.28 bits per heavy atom. The van der Waals surface area contributed by atoms with E-state index in [0.29, 0.717) is 22.0 Å². The van der Waals surface area contributed by atoms with Crippen molar-refractivity contribution in [1.82, 2.24) is 10.2 Å². The van der Waals surface area contributed by atoms with Gasteiger partial charge in [0.05, 0.1) is 13.0 Å². The van der Waals surface area contributed by atoms with Crippen LogP contribution in [0.2, 0.25) is 5.02 Å². The summed E-state index contributed by atoms with van der Waals surface area (Å²) in [7, 11) is 1.51. The van der Waals surface area contributed by atoms with Crippen LogP contribution in [-0.4, -0.2) is 48.1 Å². The molecule has 1 heterocycles. The van der Waals surface area contributed by atoms with E-state index in [9.17, 15) is 19.5 Å². The van der Waals surface area contributed by atoms with Crippen molar-refractivity contribution in [3.63, 3.8) is 0 Å². The highest BCUT2D eigenvalue weighted by Gasteiger charge is 2.34. The molecule has 1 unspecified atom stereocenters. The summed E-state index contributed by atoms with van der Waals surface area (Å²) in [5.41, 5.74) is 1.09. The zero-order chi connectivity index (χ0) is 21.0. The first-order chi connectivity index (χ1) is 13.9. The monoisotopic (exact) mass is 417 g/mol. The largest absolute Gasteiger partial charge is 0.508 e. The number of carbonyl (C=O) groups is 3. The molecule has 2 aromatic rings. The molecule has 1 saturated heterocycles. The van der Waals surface area contributed by atoms with Gasteiger partial charge in [-0.15, -0.1) is 0 Å². The second-order valence-corrected chi connectivity index (χ2v) is 7.00. The minimum Gasteiger partial charge on any atom is -0.508 e. The molecular weight excluding hydrogens is 398 g/mol. The predicted molar refractivity (Wildman–Crippen MR) is 107 cm³/mol. The van der Waals surface area contributed by atoms with Gasteiger partial charge >= 0.3 is 6.03 Å². The molecule has 8 nitrogen and oxygen atoms in total. The number of nitrogens with zero attached hydrogens (tertiary/aromatic N) is 1. The second-order valence-electron chi connectivity index (χ2n) is 6.56. The number of methoxy groups -OCH3 is 1. The molecule has 1 fully saturated rings. The number of rotatable bonds is 4. The Balaban J connectivity index is 1.80. The van der Waals surface area contributed by atoms with Gasteiger partial charge in [0.15, 0.2) is 0 Å². The molecule has 1 aliphatic rings. The van der Waals surface area contributed by atoms with Crippen molar-refractivity contribution in [1.29, 1.82) is 0 Å². The van der Waals surface area contributed by atoms with E-state index in [1.807, 2.05) is 0 Å². The van der Waals surface area contributed by atoms with Crippen molar-refractivity contribution in [2.75, 3.05) is 25.5 Å². The van der Waals surface area contributed by atoms with Gasteiger partial charge in [0.25, 0.3) is 0 Å². The molecule has 0 saturated carbocycles. The van der Waals surface area contributed by atoms with Gasteiger partial charge in [-0.1, -0.05) is 11.6 Å². The third kappa shape index (κ3) is 4.97. The topological polar surface area (TPSA) is 108 Å². The number of ether oxygens (including phenoxy) is 1. The van der Waals surface area contributed by atoms with Crippen LogP contribution in [0, 0.1) is 5.92 Å². The van der Waals surface area contributed by atoms with Gasteiger partial charge in [0.2, 0.25) is 11.8 Å². The zero-order valence-electron chi connectivity index (χ0n) is 15.6. The Morgan fingerprint density at radius 3 is 2.69 bits per heavy atom. The predicted octanol–water partition coefficient (Wildman–Crippen LogP) is 2.40. The lowest BCUT2D eigenvalue weighted by Crippen LogP contribution is -2.44. The lowest BCUT2D eigenvalue weighted by molar-refractivity contribution is -0.133. The quantitative estimate of drug-likeness (QED) is 0.662. The number of urea groups is 1. The van der Waals surface area contributed by atoms with Crippen LogP contribution in [0.1, 0.15) is 5.56 Å². The van der Waals surface area contributed by atoms with Crippen LogP contribution in [0.15, 0.2) is 42.5 Å². The van der Waals surface area contributed by atoms with Gasteiger partial charge in [-0.3, -0.25) is 14.5 Å². The maximum absolute atomic E-state index is 13.0. The van der Waals surface area contributed by atoms with Crippen molar-refractivity contribution in [3.8, 4) is 11.5 Å². The van der Waals surface area contributed by atoms with Gasteiger partial charge in [-0.2, -0.15) is 0 Å². The molecule has 4 amide bonds. The summed E-state index contributed by atoms with van der Waals surface area (Å²) >= 11 is 6.06. The van der Waals surface area contributed by atoms with Crippen LogP contribution in [-0.2, 0) is 16.0 Å². The van der Waals surface area contributed by atoms with Gasteiger partial charge in [-0.05, 0) is 54.4 Å². The molecule has 3 N–H and O–H groups in total. The van der Waals surface area contributed by atoms with Crippen LogP contribution in [0.25, 0.3) is 0 Å². The zero-order valence-corrected chi connectivity index (χ0v) is 16.4. The minimum atomic E-state index is -0.721. The fourth-order valence-electron chi connectivity index (χ4n) is 3.06. The van der Waals surface area contributed by atoms with Crippen LogP contribution in [0.3, 0.4) is 0 Å². The van der Waals surface area contributed by atoms with Crippen LogP contribution in [0.4, 0.5) is 10.5 Å². The number of imide groups is 1. The highest BCUT2D eigenvalue weighted by molar-refractivity contribution is 6.30. The summed E-state index contributed by atoms with van der Waals surface area (Å²) in [6.07, 6.45) is 0.242. The Hall–Kier alpha value is -3.26. The third-order valence-electron chi connectivity index (χ3n) is 4.54. The number of benzene rings is 2. The molecule has 152 valence electrons. The van der Waals surface area contributed by atoms with Gasteiger partial charge in [-0.25, -0.2) is 4.79 Å². The third-order valence-corrected chi connectivity index (χ3v) is 4.77. The SMILES string of the molecule is COc1ccc(Cl)cc1CC1CNC(=O)CN(C(=O)Nc2ccc(O)cc2)C1=O. The average Bonchev–Trinajstić information content (AvgIpc) is 2.83. The van der Waals surface area contributed by atoms with Crippen molar-refractivity contribution in [2.45, 2.75) is 6.42 Å². The number of hydrogen-bond acceptors (Lipinski definition) is 5. The van der Waals surface area contributed by atoms with E-state index in [0.717, 1.165) is 4.90 Å². The van der Waals surface area contributed by atoms with Crippen molar-refractivity contribution in [3.05, 3.63) is 53.1 Å². The first-order valence-electron chi connectivity index (χ1n) is 8.88. The molecule has 0 aromatic heterocycles. The number of hydrogen-bond donors (Lipinski definition) is 3. The Labute approximate surface area is 172 Å². The molecule has 2 aromatic carbocycles. The molecule has 0 aliphatic carbocycles. The number of halogens is 1. The molecule has 1 aliphatic heterocycles. The standard InChI is InChI=1S/C20H20ClN3O5/c1-29-17-7-2-14(21)9-12(17)8-13-10-22-18(26)11-24(19(13)27)20(28)23-15-3-5-16(25)6-4-15/h2-7,9,13,25H,8,10-11H2,1H3,(H,22,26)(H,23,28). The summed E-state index contributed by atoms with van der Waals surface area (Å²) in [6, 6.07) is 10.1. The van der Waals surface area contributed by atoms with E-state index in [4.69, 9.17) is 16.3 Å². The summed E-state index contributed by atoms with van der Waals surface area (Å²) < 4.78 is 5.32. The molecule has 0 radical (unpaired) electrons. The Morgan fingerprint density at radius 2 is 2.00 bits per heavy atom. The minimum absolute atomic E-state index is 0.0451. The van der Waals surface area contributed by atoms with E-state index < -0.39 is 23.8 Å². The number of carbonyl (C=O) groups excluding carboxylic acids is 3. The number of nitrogens with one attached hydrogen (secondary N) is 2. The van der Waals surface area contributed by atoms with Crippen molar-refractivity contribution in [2.24, 2.45) is 5.92 Å². The molecule has 0 spiro atoms. The fourth-order valence-corrected chi connectivity index (χ4v) is 3.26. The molecule has 1 atom stereocenters. The summed E-state index contributed by atoms with van der Waals surface area (Å²) in [5.74, 6) is -0.970. The smallest absolute Gasteiger partial charge is 0.329 e. The average molecular weight is 418 g/mol. The van der Waals surface area contributed by atoms with Crippen LogP contribution in [0.5, 0.6) is 11.5 Å². The molecule has 9 heteroatoms. The van der Waals surface area contributed by atoms with E-state index in [1.54, 1.807) is 18.2 Å². The highest BCUT2D eigenvalue weighted by atomic mass is 35.5. The van der Waals surface area contributed by atoms with Crippen LogP contribution < -0.4 is 15.4 Å². The second kappa shape index (κ2) is 8.83. The molecule has 3 rings (SSSR count). The maximum atomic E-state index is 13.0. The highest BCUT2D eigenvalue weighted by Crippen LogP contribution is 2.26. The summed E-state index contributed by atoms with van der Waals surface area (Å²) in [5, 5.41) is 15.1. The van der Waals surface area contributed by atoms with Gasteiger partial charge < -0.3 is 20.5 Å². The Bertz CT molecular complexity index is 932. The Kier molecular flexibility index (Phi) is 6.23. The maximum Gasteiger partial charge on any atom is 0.329 e. The molecule has 29 heavy (non-hydrogen) atoms. The lowest BCUT2D eigenvalue weighted by atomic mass is 9.97. The number of amides is 4. The van der Waals surface area contributed by atoms with E-state index in [-0.39, 0.29) is 25.3 Å². The number of aromatic hydroxyl groups is 1. The summed E-state index contributed by atoms with van der Waals surface area (Å²) in [4.78, 5) is 38.6. The number of anilines is 1. The first kappa shape index (κ1) is 20.5. The van der Waals surface area contributed by atoms with E-state index >= 15 is 0 Å². The lowest BCUT2D eigenvalue weighted by Gasteiger charge is -2.22. The molecule has 0 bridgehead atoms. The van der Waals surface area contributed by atoms with Crippen molar-refractivity contribution < 1.29 is 24.2 Å². The number of phenols is 1. The normalized spacial score (nSPS) is 16.8. The first-order valence-corrected chi connectivity index (χ1v) is 9.25. The van der Waals surface area contributed by atoms with Gasteiger partial charge in [0, 0.05) is 17.3 Å². The van der Waals surface area contributed by atoms with Crippen LogP contribution >= 0.6 is 11.6 Å². The van der Waals surface area contributed by atoms with Crippen molar-refractivity contribution >= 4 is 35.1 Å². The molecular formula is C20H20ClN3O5. The summed E-state index contributed by atoms with van der Waals surface area (Å²) in [6.45, 7) is -0.289. The number of phenolic OH excluding ortho intramolecular Hbond substituents is 1. The van der Waals surface area contributed by atoms with E-state index in [1.165, 1.54) is 31.4 Å².